The Labute approximate surface area is 155 Å². The molecule has 0 bridgehead atoms. The third-order valence-corrected chi connectivity index (χ3v) is 5.85. The highest BCUT2D eigenvalue weighted by atomic mass is 32.2. The normalized spacial score (nSPS) is 14.9. The second kappa shape index (κ2) is 8.64. The van der Waals surface area contributed by atoms with Crippen LogP contribution in [0.2, 0.25) is 0 Å². The van der Waals surface area contributed by atoms with E-state index in [9.17, 15) is 4.79 Å². The number of aryl methyl sites for hydroxylation is 2. The minimum atomic E-state index is -0.101. The lowest BCUT2D eigenvalue weighted by Crippen LogP contribution is -2.25. The Morgan fingerprint density at radius 2 is 1.92 bits per heavy atom. The zero-order valence-corrected chi connectivity index (χ0v) is 15.8. The molecule has 1 aromatic carbocycles. The van der Waals surface area contributed by atoms with Gasteiger partial charge in [-0.15, -0.1) is 6.42 Å². The summed E-state index contributed by atoms with van der Waals surface area (Å²) in [6.45, 7) is 1.61. The lowest BCUT2D eigenvalue weighted by atomic mass is 9.99. The van der Waals surface area contributed by atoms with Gasteiger partial charge in [-0.2, -0.15) is 0 Å². The molecule has 0 radical (unpaired) electrons. The van der Waals surface area contributed by atoms with Crippen LogP contribution in [0, 0.1) is 12.3 Å². The number of benzene rings is 1. The molecule has 0 heterocycles. The molecule has 5 heteroatoms. The van der Waals surface area contributed by atoms with Gasteiger partial charge in [-0.1, -0.05) is 12.0 Å². The molecule has 2 aliphatic carbocycles. The summed E-state index contributed by atoms with van der Waals surface area (Å²) in [7, 11) is 2.02. The molecule has 25 heavy (non-hydrogen) atoms. The molecule has 0 saturated heterocycles. The van der Waals surface area contributed by atoms with Crippen molar-refractivity contribution in [3.63, 3.8) is 0 Å². The van der Waals surface area contributed by atoms with Gasteiger partial charge in [-0.05, 0) is 92.7 Å². The van der Waals surface area contributed by atoms with Crippen LogP contribution in [-0.2, 0) is 25.7 Å². The zero-order valence-electron chi connectivity index (χ0n) is 15.0. The van der Waals surface area contributed by atoms with Crippen LogP contribution in [0.25, 0.3) is 0 Å². The fraction of sp³-hybridized carbons (Fsp3) is 0.550. The average Bonchev–Trinajstić information content (AvgIpc) is 3.23. The number of carbonyl (C=O) groups is 1. The summed E-state index contributed by atoms with van der Waals surface area (Å²) in [6.07, 6.45) is 13.2. The van der Waals surface area contributed by atoms with E-state index in [0.29, 0.717) is 6.54 Å². The van der Waals surface area contributed by atoms with Crippen LogP contribution in [0.15, 0.2) is 6.07 Å². The van der Waals surface area contributed by atoms with E-state index in [0.717, 1.165) is 50.1 Å². The summed E-state index contributed by atoms with van der Waals surface area (Å²) in [5, 5.41) is 3.15. The number of urea groups is 1. The number of nitrogens with zero attached hydrogens (tertiary/aromatic N) is 1. The van der Waals surface area contributed by atoms with Gasteiger partial charge in [0.15, 0.2) is 0 Å². The van der Waals surface area contributed by atoms with E-state index in [1.807, 2.05) is 7.05 Å². The van der Waals surface area contributed by atoms with E-state index in [-0.39, 0.29) is 6.03 Å². The Balaban J connectivity index is 1.50. The monoisotopic (exact) mass is 357 g/mol. The van der Waals surface area contributed by atoms with Gasteiger partial charge >= 0.3 is 6.03 Å². The Morgan fingerprint density at radius 1 is 1.24 bits per heavy atom. The van der Waals surface area contributed by atoms with Crippen LogP contribution in [-0.4, -0.2) is 36.8 Å². The molecule has 0 atom stereocenters. The predicted molar refractivity (Wildman–Crippen MR) is 106 cm³/mol. The van der Waals surface area contributed by atoms with Crippen molar-refractivity contribution in [3.8, 4) is 12.3 Å². The molecule has 3 rings (SSSR count). The number of hydrogen-bond acceptors (Lipinski definition) is 3. The van der Waals surface area contributed by atoms with Crippen molar-refractivity contribution in [2.45, 2.75) is 44.9 Å². The summed E-state index contributed by atoms with van der Waals surface area (Å²) < 4.78 is 2.93. The minimum absolute atomic E-state index is 0.101. The average molecular weight is 358 g/mol. The van der Waals surface area contributed by atoms with Crippen molar-refractivity contribution in [3.05, 3.63) is 28.3 Å². The number of nitrogens with one attached hydrogen (secondary N) is 2. The van der Waals surface area contributed by atoms with Crippen LogP contribution in [0.4, 0.5) is 10.5 Å². The second-order valence-corrected chi connectivity index (χ2v) is 7.84. The maximum absolute atomic E-state index is 12.3. The Bertz CT molecular complexity index is 648. The van der Waals surface area contributed by atoms with Crippen LogP contribution < -0.4 is 10.0 Å². The van der Waals surface area contributed by atoms with E-state index in [4.69, 9.17) is 6.42 Å². The third kappa shape index (κ3) is 4.50. The summed E-state index contributed by atoms with van der Waals surface area (Å²) in [5.74, 6) is 3.52. The molecule has 134 valence electrons. The fourth-order valence-corrected chi connectivity index (χ4v) is 4.42. The highest BCUT2D eigenvalue weighted by Crippen LogP contribution is 2.38. The molecule has 2 N–H and O–H groups in total. The molecular formula is C20H27N3OS. The van der Waals surface area contributed by atoms with E-state index in [2.05, 4.69) is 26.9 Å². The zero-order chi connectivity index (χ0) is 17.6. The highest BCUT2D eigenvalue weighted by molar-refractivity contribution is 7.97. The molecule has 0 saturated carbocycles. The van der Waals surface area contributed by atoms with Crippen molar-refractivity contribution < 1.29 is 4.79 Å². The maximum atomic E-state index is 12.3. The summed E-state index contributed by atoms with van der Waals surface area (Å²) in [4.78, 5) is 14.4. The minimum Gasteiger partial charge on any atom is -0.307 e. The largest absolute Gasteiger partial charge is 0.329 e. The smallest absolute Gasteiger partial charge is 0.307 e. The van der Waals surface area contributed by atoms with Crippen molar-refractivity contribution in [1.82, 2.24) is 9.62 Å². The van der Waals surface area contributed by atoms with Crippen LogP contribution in [0.5, 0.6) is 0 Å². The second-order valence-electron chi connectivity index (χ2n) is 6.93. The van der Waals surface area contributed by atoms with Crippen molar-refractivity contribution in [1.29, 1.82) is 0 Å². The van der Waals surface area contributed by atoms with E-state index >= 15 is 0 Å². The predicted octanol–water partition coefficient (Wildman–Crippen LogP) is 3.39. The number of hydrogen-bond donors (Lipinski definition) is 2. The summed E-state index contributed by atoms with van der Waals surface area (Å²) in [5.41, 5.74) is 6.74. The molecule has 0 aromatic heterocycles. The molecule has 0 aliphatic heterocycles. The summed E-state index contributed by atoms with van der Waals surface area (Å²) in [6, 6.07) is 2.28. The van der Waals surface area contributed by atoms with Gasteiger partial charge in [-0.3, -0.25) is 9.62 Å². The first-order valence-electron chi connectivity index (χ1n) is 9.16. The lowest BCUT2D eigenvalue weighted by Gasteiger charge is -2.16. The highest BCUT2D eigenvalue weighted by Gasteiger charge is 2.24. The van der Waals surface area contributed by atoms with Crippen molar-refractivity contribution in [2.75, 3.05) is 31.2 Å². The van der Waals surface area contributed by atoms with E-state index in [1.165, 1.54) is 47.0 Å². The molecule has 1 aromatic rings. The molecular weight excluding hydrogens is 330 g/mol. The van der Waals surface area contributed by atoms with Gasteiger partial charge in [0.2, 0.25) is 0 Å². The number of rotatable bonds is 7. The molecule has 4 nitrogen and oxygen atoms in total. The van der Waals surface area contributed by atoms with Gasteiger partial charge in [0.05, 0.1) is 6.54 Å². The first-order valence-corrected chi connectivity index (χ1v) is 10.1. The van der Waals surface area contributed by atoms with Crippen LogP contribution >= 0.6 is 11.9 Å². The Hall–Kier alpha value is -1.64. The van der Waals surface area contributed by atoms with Gasteiger partial charge in [0, 0.05) is 11.4 Å². The molecule has 2 aliphatic rings. The van der Waals surface area contributed by atoms with Crippen molar-refractivity contribution >= 4 is 23.7 Å². The summed E-state index contributed by atoms with van der Waals surface area (Å²) >= 11 is 1.47. The number of terminal acetylenes is 1. The SMILES string of the molecule is C#CCN(C)CCCSNC(=O)Nc1c2c(cc3c1CCC3)CCC2. The standard InChI is InChI=1S/C20H27N3OS/c1-3-11-23(2)12-6-13-25-22-20(24)21-19-17-9-4-7-15(17)14-16-8-5-10-18(16)19/h1,14H,4-13H2,2H3,(H2,21,22,24). The Morgan fingerprint density at radius 3 is 2.56 bits per heavy atom. The fourth-order valence-electron chi connectivity index (χ4n) is 3.86. The van der Waals surface area contributed by atoms with Gasteiger partial charge < -0.3 is 5.32 Å². The first-order chi connectivity index (χ1) is 12.2. The number of anilines is 1. The first kappa shape index (κ1) is 18.2. The van der Waals surface area contributed by atoms with Crippen LogP contribution in [0.3, 0.4) is 0 Å². The lowest BCUT2D eigenvalue weighted by molar-refractivity contribution is 0.257. The topological polar surface area (TPSA) is 44.4 Å². The number of carbonyl (C=O) groups excluding carboxylic acids is 1. The van der Waals surface area contributed by atoms with E-state index in [1.54, 1.807) is 0 Å². The van der Waals surface area contributed by atoms with Crippen molar-refractivity contribution in [2.24, 2.45) is 0 Å². The van der Waals surface area contributed by atoms with E-state index < -0.39 is 0 Å². The number of amides is 2. The quantitative estimate of drug-likeness (QED) is 0.447. The molecule has 0 spiro atoms. The van der Waals surface area contributed by atoms with Gasteiger partial charge in [0.1, 0.15) is 0 Å². The van der Waals surface area contributed by atoms with Gasteiger partial charge in [-0.25, -0.2) is 4.79 Å². The van der Waals surface area contributed by atoms with Crippen LogP contribution in [0.1, 0.15) is 41.5 Å². The third-order valence-electron chi connectivity index (χ3n) is 5.02. The number of fused-ring (bicyclic) bond motifs is 2. The molecule has 0 unspecified atom stereocenters. The van der Waals surface area contributed by atoms with Gasteiger partial charge in [0.25, 0.3) is 0 Å². The molecule has 0 fully saturated rings. The maximum Gasteiger partial charge on any atom is 0.329 e. The Kier molecular flexibility index (Phi) is 6.28. The molecule has 2 amide bonds.